The zero-order chi connectivity index (χ0) is 9.84. The Morgan fingerprint density at radius 2 is 2.36 bits per heavy atom. The molecule has 3 nitrogen and oxygen atoms in total. The van der Waals surface area contributed by atoms with E-state index in [9.17, 15) is 4.79 Å². The summed E-state index contributed by atoms with van der Waals surface area (Å²) in [7, 11) is 0. The molecule has 0 aliphatic heterocycles. The van der Waals surface area contributed by atoms with Gasteiger partial charge in [-0.3, -0.25) is 4.79 Å². The zero-order valence-corrected chi connectivity index (χ0v) is 10.0. The lowest BCUT2D eigenvalue weighted by Gasteiger charge is -2.05. The molecular formula is C8H12Cl2N2OS. The van der Waals surface area contributed by atoms with E-state index in [1.165, 1.54) is 11.3 Å². The second kappa shape index (κ2) is 6.24. The summed E-state index contributed by atoms with van der Waals surface area (Å²) < 4.78 is 0.727. The molecule has 14 heavy (non-hydrogen) atoms. The summed E-state index contributed by atoms with van der Waals surface area (Å²) >= 11 is 7.17. The largest absolute Gasteiger partial charge is 0.350 e. The van der Waals surface area contributed by atoms with Crippen molar-refractivity contribution in [3.05, 3.63) is 21.3 Å². The summed E-state index contributed by atoms with van der Waals surface area (Å²) in [5, 5.41) is 2.70. The van der Waals surface area contributed by atoms with Crippen molar-refractivity contribution in [2.24, 2.45) is 5.73 Å². The molecule has 6 heteroatoms. The van der Waals surface area contributed by atoms with Gasteiger partial charge in [-0.25, -0.2) is 0 Å². The molecule has 1 aromatic rings. The van der Waals surface area contributed by atoms with Crippen LogP contribution in [-0.4, -0.2) is 11.9 Å². The predicted molar refractivity (Wildman–Crippen MR) is 62.1 cm³/mol. The van der Waals surface area contributed by atoms with E-state index >= 15 is 0 Å². The summed E-state index contributed by atoms with van der Waals surface area (Å²) in [4.78, 5) is 12.1. The van der Waals surface area contributed by atoms with Gasteiger partial charge >= 0.3 is 0 Å². The van der Waals surface area contributed by atoms with Crippen molar-refractivity contribution < 1.29 is 4.79 Å². The minimum atomic E-state index is -0.463. The van der Waals surface area contributed by atoms with Crippen LogP contribution in [0.5, 0.6) is 0 Å². The molecule has 1 unspecified atom stereocenters. The fourth-order valence-corrected chi connectivity index (χ4v) is 1.81. The molecule has 0 aliphatic carbocycles. The zero-order valence-electron chi connectivity index (χ0n) is 7.62. The maximum Gasteiger partial charge on any atom is 0.236 e. The molecule has 3 N–H and O–H groups in total. The van der Waals surface area contributed by atoms with Gasteiger partial charge in [0.1, 0.15) is 0 Å². The molecule has 0 saturated carbocycles. The number of thiophene rings is 1. The Labute approximate surface area is 98.0 Å². The predicted octanol–water partition coefficient (Wildman–Crippen LogP) is 1.79. The number of hydrogen-bond acceptors (Lipinski definition) is 3. The van der Waals surface area contributed by atoms with Crippen molar-refractivity contribution >= 4 is 41.3 Å². The molecule has 1 rings (SSSR count). The van der Waals surface area contributed by atoms with Crippen molar-refractivity contribution in [2.45, 2.75) is 19.5 Å². The maximum absolute atomic E-state index is 11.1. The van der Waals surface area contributed by atoms with Crippen LogP contribution in [0.25, 0.3) is 0 Å². The van der Waals surface area contributed by atoms with E-state index in [4.69, 9.17) is 17.3 Å². The van der Waals surface area contributed by atoms with Crippen LogP contribution in [0.3, 0.4) is 0 Å². The van der Waals surface area contributed by atoms with Gasteiger partial charge < -0.3 is 11.1 Å². The Kier molecular flexibility index (Phi) is 6.11. The molecule has 0 bridgehead atoms. The SMILES string of the molecule is CC(N)C(=O)NCc1ccc(Cl)s1.Cl. The van der Waals surface area contributed by atoms with Crippen LogP contribution in [0, 0.1) is 0 Å². The number of amides is 1. The quantitative estimate of drug-likeness (QED) is 0.865. The fraction of sp³-hybridized carbons (Fsp3) is 0.375. The molecule has 1 amide bonds. The van der Waals surface area contributed by atoms with E-state index in [0.29, 0.717) is 6.54 Å². The highest BCUT2D eigenvalue weighted by Gasteiger charge is 2.06. The molecule has 0 spiro atoms. The molecule has 0 saturated heterocycles. The molecule has 0 fully saturated rings. The van der Waals surface area contributed by atoms with E-state index < -0.39 is 6.04 Å². The summed E-state index contributed by atoms with van der Waals surface area (Å²) in [6.45, 7) is 2.15. The van der Waals surface area contributed by atoms with Crippen molar-refractivity contribution in [2.75, 3.05) is 0 Å². The highest BCUT2D eigenvalue weighted by Crippen LogP contribution is 2.20. The minimum Gasteiger partial charge on any atom is -0.350 e. The molecule has 1 heterocycles. The molecule has 0 radical (unpaired) electrons. The van der Waals surface area contributed by atoms with Gasteiger partial charge in [-0.1, -0.05) is 11.6 Å². The molecular weight excluding hydrogens is 243 g/mol. The number of hydrogen-bond donors (Lipinski definition) is 2. The Hall–Kier alpha value is -0.290. The topological polar surface area (TPSA) is 55.1 Å². The normalized spacial score (nSPS) is 11.6. The first-order valence-electron chi connectivity index (χ1n) is 3.87. The highest BCUT2D eigenvalue weighted by molar-refractivity contribution is 7.16. The number of nitrogens with two attached hydrogens (primary N) is 1. The molecule has 0 aromatic carbocycles. The van der Waals surface area contributed by atoms with Crippen LogP contribution in [0.2, 0.25) is 4.34 Å². The molecule has 80 valence electrons. The van der Waals surface area contributed by atoms with E-state index in [1.54, 1.807) is 13.0 Å². The van der Waals surface area contributed by atoms with Crippen molar-refractivity contribution in [1.82, 2.24) is 5.32 Å². The van der Waals surface area contributed by atoms with Crippen LogP contribution < -0.4 is 11.1 Å². The fourth-order valence-electron chi connectivity index (χ4n) is 0.782. The number of nitrogens with one attached hydrogen (secondary N) is 1. The van der Waals surface area contributed by atoms with Crippen LogP contribution >= 0.6 is 35.3 Å². The first-order chi connectivity index (χ1) is 6.09. The van der Waals surface area contributed by atoms with Gasteiger partial charge in [0, 0.05) is 4.88 Å². The Bertz CT molecular complexity index is 301. The average Bonchev–Trinajstić information content (AvgIpc) is 2.47. The van der Waals surface area contributed by atoms with Gasteiger partial charge in [0.15, 0.2) is 0 Å². The number of carbonyl (C=O) groups excluding carboxylic acids is 1. The summed E-state index contributed by atoms with van der Waals surface area (Å²) in [5.74, 6) is -0.149. The van der Waals surface area contributed by atoms with Gasteiger partial charge in [0.2, 0.25) is 5.91 Å². The lowest BCUT2D eigenvalue weighted by atomic mass is 10.3. The van der Waals surface area contributed by atoms with Crippen LogP contribution in [0.15, 0.2) is 12.1 Å². The van der Waals surface area contributed by atoms with Gasteiger partial charge in [0.05, 0.1) is 16.9 Å². The second-order valence-electron chi connectivity index (χ2n) is 2.71. The summed E-state index contributed by atoms with van der Waals surface area (Å²) in [6, 6.07) is 3.23. The van der Waals surface area contributed by atoms with Crippen molar-refractivity contribution in [1.29, 1.82) is 0 Å². The smallest absolute Gasteiger partial charge is 0.236 e. The van der Waals surface area contributed by atoms with Crippen molar-refractivity contribution in [3.63, 3.8) is 0 Å². The van der Waals surface area contributed by atoms with Crippen LogP contribution in [-0.2, 0) is 11.3 Å². The first-order valence-corrected chi connectivity index (χ1v) is 5.06. The summed E-state index contributed by atoms with van der Waals surface area (Å²) in [5.41, 5.74) is 5.37. The van der Waals surface area contributed by atoms with Gasteiger partial charge in [-0.05, 0) is 19.1 Å². The maximum atomic E-state index is 11.1. The second-order valence-corrected chi connectivity index (χ2v) is 4.51. The lowest BCUT2D eigenvalue weighted by Crippen LogP contribution is -2.37. The van der Waals surface area contributed by atoms with Crippen LogP contribution in [0.4, 0.5) is 0 Å². The van der Waals surface area contributed by atoms with E-state index in [-0.39, 0.29) is 18.3 Å². The van der Waals surface area contributed by atoms with E-state index in [0.717, 1.165) is 9.21 Å². The van der Waals surface area contributed by atoms with Gasteiger partial charge in [-0.15, -0.1) is 23.7 Å². The standard InChI is InChI=1S/C8H11ClN2OS.ClH/c1-5(10)8(12)11-4-6-2-3-7(9)13-6;/h2-3,5H,4,10H2,1H3,(H,11,12);1H. The van der Waals surface area contributed by atoms with E-state index in [1.807, 2.05) is 6.07 Å². The Balaban J connectivity index is 0.00000169. The number of halogens is 2. The van der Waals surface area contributed by atoms with E-state index in [2.05, 4.69) is 5.32 Å². The Morgan fingerprint density at radius 1 is 1.71 bits per heavy atom. The number of carbonyl (C=O) groups is 1. The van der Waals surface area contributed by atoms with Gasteiger partial charge in [0.25, 0.3) is 0 Å². The first kappa shape index (κ1) is 13.7. The molecule has 1 atom stereocenters. The minimum absolute atomic E-state index is 0. The summed E-state index contributed by atoms with van der Waals surface area (Å²) in [6.07, 6.45) is 0. The molecule has 1 aromatic heterocycles. The average molecular weight is 255 g/mol. The van der Waals surface area contributed by atoms with Crippen LogP contribution in [0.1, 0.15) is 11.8 Å². The van der Waals surface area contributed by atoms with Gasteiger partial charge in [-0.2, -0.15) is 0 Å². The molecule has 0 aliphatic rings. The number of rotatable bonds is 3. The third-order valence-electron chi connectivity index (χ3n) is 1.48. The van der Waals surface area contributed by atoms with Crippen molar-refractivity contribution in [3.8, 4) is 0 Å². The Morgan fingerprint density at radius 3 is 2.79 bits per heavy atom. The highest BCUT2D eigenvalue weighted by atomic mass is 35.5. The third-order valence-corrected chi connectivity index (χ3v) is 2.71. The third kappa shape index (κ3) is 4.28. The lowest BCUT2D eigenvalue weighted by molar-refractivity contribution is -0.122. The monoisotopic (exact) mass is 254 g/mol.